The minimum atomic E-state index is -4.31. The Kier molecular flexibility index (Phi) is 10.7. The lowest BCUT2D eigenvalue weighted by molar-refractivity contribution is -0.384. The van der Waals surface area contributed by atoms with Gasteiger partial charge in [-0.1, -0.05) is 72.3 Å². The molecule has 4 aromatic rings. The van der Waals surface area contributed by atoms with Gasteiger partial charge in [0.05, 0.1) is 15.5 Å². The Morgan fingerprint density at radius 2 is 1.45 bits per heavy atom. The van der Waals surface area contributed by atoms with Crippen LogP contribution in [0.15, 0.2) is 114 Å². The lowest BCUT2D eigenvalue weighted by atomic mass is 10.0. The second kappa shape index (κ2) is 14.6. The van der Waals surface area contributed by atoms with Crippen molar-refractivity contribution in [3.63, 3.8) is 0 Å². The number of nitro groups is 1. The van der Waals surface area contributed by atoms with E-state index in [0.717, 1.165) is 9.87 Å². The molecule has 0 bridgehead atoms. The number of nitrogens with one attached hydrogen (secondary N) is 1. The maximum absolute atomic E-state index is 14.3. The summed E-state index contributed by atoms with van der Waals surface area (Å²) >= 11 is 6.09. The Morgan fingerprint density at radius 1 is 0.864 bits per heavy atom. The Bertz CT molecular complexity index is 1690. The first-order chi connectivity index (χ1) is 21.1. The topological polar surface area (TPSA) is 130 Å². The summed E-state index contributed by atoms with van der Waals surface area (Å²) in [5, 5.41) is 14.6. The van der Waals surface area contributed by atoms with E-state index in [1.807, 2.05) is 30.3 Å². The van der Waals surface area contributed by atoms with Crippen LogP contribution < -0.4 is 9.62 Å². The number of benzene rings is 4. The molecule has 10 nitrogen and oxygen atoms in total. The molecule has 0 spiro atoms. The van der Waals surface area contributed by atoms with E-state index in [4.69, 9.17) is 11.6 Å². The molecule has 228 valence electrons. The van der Waals surface area contributed by atoms with E-state index in [1.165, 1.54) is 41.3 Å². The molecule has 0 aliphatic heterocycles. The lowest BCUT2D eigenvalue weighted by Gasteiger charge is -2.33. The van der Waals surface area contributed by atoms with Gasteiger partial charge in [0.15, 0.2) is 0 Å². The molecule has 4 rings (SSSR count). The van der Waals surface area contributed by atoms with Gasteiger partial charge in [-0.15, -0.1) is 0 Å². The van der Waals surface area contributed by atoms with E-state index in [0.29, 0.717) is 17.1 Å². The number of likely N-dealkylation sites (N-methyl/N-ethyl adjacent to an activating group) is 1. The number of nitro benzene ring substituents is 1. The van der Waals surface area contributed by atoms with Crippen LogP contribution in [0.5, 0.6) is 0 Å². The van der Waals surface area contributed by atoms with E-state index >= 15 is 0 Å². The standard InChI is InChI=1S/C32H31ClN4O6S/c1-2-34-32(39)30(21-24-9-5-3-6-10-24)35(22-25-13-15-26(33)16-14-25)31(38)23-36(27-17-19-28(20-18-27)37(40)41)44(42,43)29-11-7-4-8-12-29/h3-20,30H,2,21-23H2,1H3,(H,34,39). The van der Waals surface area contributed by atoms with Gasteiger partial charge >= 0.3 is 0 Å². The van der Waals surface area contributed by atoms with Gasteiger partial charge in [-0.2, -0.15) is 0 Å². The van der Waals surface area contributed by atoms with Crippen molar-refractivity contribution in [1.82, 2.24) is 10.2 Å². The fourth-order valence-corrected chi connectivity index (χ4v) is 6.18. The summed E-state index contributed by atoms with van der Waals surface area (Å²) < 4.78 is 28.8. The highest BCUT2D eigenvalue weighted by molar-refractivity contribution is 7.92. The predicted octanol–water partition coefficient (Wildman–Crippen LogP) is 5.22. The van der Waals surface area contributed by atoms with Crippen LogP contribution in [0.3, 0.4) is 0 Å². The summed E-state index contributed by atoms with van der Waals surface area (Å²) in [4.78, 5) is 39.8. The molecule has 0 saturated heterocycles. The molecule has 4 aromatic carbocycles. The first-order valence-electron chi connectivity index (χ1n) is 13.8. The average molecular weight is 635 g/mol. The Hall–Kier alpha value is -4.74. The van der Waals surface area contributed by atoms with Gasteiger partial charge in [0.2, 0.25) is 11.8 Å². The normalized spacial score (nSPS) is 11.8. The molecular weight excluding hydrogens is 604 g/mol. The smallest absolute Gasteiger partial charge is 0.269 e. The number of non-ortho nitro benzene ring substituents is 1. The van der Waals surface area contributed by atoms with Crippen molar-refractivity contribution in [2.45, 2.75) is 30.8 Å². The van der Waals surface area contributed by atoms with E-state index in [-0.39, 0.29) is 29.2 Å². The van der Waals surface area contributed by atoms with Gasteiger partial charge < -0.3 is 10.2 Å². The van der Waals surface area contributed by atoms with E-state index in [2.05, 4.69) is 5.32 Å². The van der Waals surface area contributed by atoms with Crippen LogP contribution in [0.4, 0.5) is 11.4 Å². The maximum atomic E-state index is 14.3. The number of carbonyl (C=O) groups is 2. The number of halogens is 1. The van der Waals surface area contributed by atoms with Gasteiger partial charge in [-0.05, 0) is 54.4 Å². The first kappa shape index (κ1) is 32.2. The number of hydrogen-bond acceptors (Lipinski definition) is 6. The molecule has 0 radical (unpaired) electrons. The number of rotatable bonds is 13. The number of sulfonamides is 1. The molecule has 12 heteroatoms. The average Bonchev–Trinajstić information content (AvgIpc) is 3.03. The zero-order valence-corrected chi connectivity index (χ0v) is 25.4. The quantitative estimate of drug-likeness (QED) is 0.159. The van der Waals surface area contributed by atoms with Crippen molar-refractivity contribution in [1.29, 1.82) is 0 Å². The van der Waals surface area contributed by atoms with Crippen molar-refractivity contribution in [3.05, 3.63) is 135 Å². The summed E-state index contributed by atoms with van der Waals surface area (Å²) in [7, 11) is -4.31. The van der Waals surface area contributed by atoms with Gasteiger partial charge in [0.25, 0.3) is 15.7 Å². The van der Waals surface area contributed by atoms with Crippen LogP contribution in [0.2, 0.25) is 5.02 Å². The largest absolute Gasteiger partial charge is 0.355 e. The summed E-state index contributed by atoms with van der Waals surface area (Å²) in [5.74, 6) is -1.04. The number of amides is 2. The van der Waals surface area contributed by atoms with Crippen LogP contribution in [0.1, 0.15) is 18.1 Å². The highest BCUT2D eigenvalue weighted by Gasteiger charge is 2.34. The Labute approximate surface area is 261 Å². The number of hydrogen-bond donors (Lipinski definition) is 1. The predicted molar refractivity (Wildman–Crippen MR) is 169 cm³/mol. The van der Waals surface area contributed by atoms with Crippen LogP contribution in [-0.4, -0.2) is 49.2 Å². The second-order valence-electron chi connectivity index (χ2n) is 9.85. The molecule has 0 aromatic heterocycles. The SMILES string of the molecule is CCNC(=O)C(Cc1ccccc1)N(Cc1ccc(Cl)cc1)C(=O)CN(c1ccc([N+](=O)[O-])cc1)S(=O)(=O)c1ccccc1. The molecule has 1 atom stereocenters. The third-order valence-corrected chi connectivity index (χ3v) is 8.89. The Balaban J connectivity index is 1.79. The molecule has 1 N–H and O–H groups in total. The van der Waals surface area contributed by atoms with Crippen molar-refractivity contribution in [2.24, 2.45) is 0 Å². The number of anilines is 1. The van der Waals surface area contributed by atoms with Gasteiger partial charge in [-0.25, -0.2) is 8.42 Å². The molecule has 2 amide bonds. The molecule has 1 unspecified atom stereocenters. The minimum Gasteiger partial charge on any atom is -0.355 e. The van der Waals surface area contributed by atoms with Crippen LogP contribution >= 0.6 is 11.6 Å². The van der Waals surface area contributed by atoms with Crippen molar-refractivity contribution < 1.29 is 22.9 Å². The van der Waals surface area contributed by atoms with Crippen molar-refractivity contribution in [2.75, 3.05) is 17.4 Å². The minimum absolute atomic E-state index is 0.00980. The van der Waals surface area contributed by atoms with Gasteiger partial charge in [0, 0.05) is 36.7 Å². The zero-order valence-electron chi connectivity index (χ0n) is 23.9. The summed E-state index contributed by atoms with van der Waals surface area (Å²) in [6, 6.07) is 27.5. The summed E-state index contributed by atoms with van der Waals surface area (Å²) in [6.45, 7) is 1.41. The van der Waals surface area contributed by atoms with Crippen LogP contribution in [-0.2, 0) is 32.6 Å². The molecule has 0 saturated carbocycles. The number of nitrogens with zero attached hydrogens (tertiary/aromatic N) is 3. The third kappa shape index (κ3) is 8.00. The first-order valence-corrected chi connectivity index (χ1v) is 15.6. The third-order valence-electron chi connectivity index (χ3n) is 6.85. The van der Waals surface area contributed by atoms with E-state index in [1.54, 1.807) is 49.4 Å². The van der Waals surface area contributed by atoms with Crippen LogP contribution in [0, 0.1) is 10.1 Å². The molecule has 44 heavy (non-hydrogen) atoms. The molecule has 0 fully saturated rings. The summed E-state index contributed by atoms with van der Waals surface area (Å²) in [6.07, 6.45) is 0.176. The lowest BCUT2D eigenvalue weighted by Crippen LogP contribution is -2.53. The number of carbonyl (C=O) groups excluding carboxylic acids is 2. The van der Waals surface area contributed by atoms with Gasteiger partial charge in [0.1, 0.15) is 12.6 Å². The fourth-order valence-electron chi connectivity index (χ4n) is 4.62. The summed E-state index contributed by atoms with van der Waals surface area (Å²) in [5.41, 5.74) is 1.30. The van der Waals surface area contributed by atoms with E-state index < -0.39 is 39.3 Å². The Morgan fingerprint density at radius 3 is 2.02 bits per heavy atom. The fraction of sp³-hybridized carbons (Fsp3) is 0.188. The van der Waals surface area contributed by atoms with Crippen molar-refractivity contribution >= 4 is 44.8 Å². The molecule has 0 aliphatic carbocycles. The van der Waals surface area contributed by atoms with E-state index in [9.17, 15) is 28.1 Å². The molecular formula is C32H31ClN4O6S. The molecule has 0 heterocycles. The zero-order chi connectivity index (χ0) is 31.7. The monoisotopic (exact) mass is 634 g/mol. The highest BCUT2D eigenvalue weighted by atomic mass is 35.5. The second-order valence-corrected chi connectivity index (χ2v) is 12.1. The van der Waals surface area contributed by atoms with Crippen molar-refractivity contribution in [3.8, 4) is 0 Å². The maximum Gasteiger partial charge on any atom is 0.269 e. The van der Waals surface area contributed by atoms with Gasteiger partial charge in [-0.3, -0.25) is 24.0 Å². The van der Waals surface area contributed by atoms with Crippen LogP contribution in [0.25, 0.3) is 0 Å². The highest BCUT2D eigenvalue weighted by Crippen LogP contribution is 2.27. The molecule has 0 aliphatic rings.